The van der Waals surface area contributed by atoms with Crippen LogP contribution in [0.5, 0.6) is 11.5 Å². The first kappa shape index (κ1) is 37.6. The average Bonchev–Trinajstić information content (AvgIpc) is 3.04. The fourth-order valence-electron chi connectivity index (χ4n) is 2.77. The van der Waals surface area contributed by atoms with Gasteiger partial charge in [-0.15, -0.1) is 0 Å². The molecule has 0 atom stereocenters. The fraction of sp³-hybridized carbons (Fsp3) is 0.154. The first-order valence-electron chi connectivity index (χ1n) is 12.4. The molecule has 47 heavy (non-hydrogen) atoms. The van der Waals surface area contributed by atoms with E-state index in [2.05, 4.69) is 34.7 Å². The van der Waals surface area contributed by atoms with Crippen molar-refractivity contribution in [3.63, 3.8) is 0 Å². The Hall–Kier alpha value is -5.59. The molecule has 2 heterocycles. The highest BCUT2D eigenvalue weighted by atomic mass is 35.5. The van der Waals surface area contributed by atoms with Crippen molar-refractivity contribution >= 4 is 75.3 Å². The molecule has 18 nitrogen and oxygen atoms in total. The van der Waals surface area contributed by atoms with Crippen LogP contribution in [0.2, 0.25) is 15.7 Å². The van der Waals surface area contributed by atoms with Gasteiger partial charge in [-0.2, -0.15) is 9.97 Å². The van der Waals surface area contributed by atoms with E-state index >= 15 is 0 Å². The van der Waals surface area contributed by atoms with Gasteiger partial charge in [0.15, 0.2) is 13.2 Å². The minimum atomic E-state index is -0.682. The van der Waals surface area contributed by atoms with Crippen molar-refractivity contribution in [3.8, 4) is 11.5 Å². The Morgan fingerprint density at radius 3 is 1.66 bits per heavy atom. The molecule has 4 aromatic rings. The van der Waals surface area contributed by atoms with E-state index in [0.717, 1.165) is 12.4 Å². The maximum atomic E-state index is 11.0. The Labute approximate surface area is 280 Å². The second-order valence-corrected chi connectivity index (χ2v) is 9.18. The fourth-order valence-corrected chi connectivity index (χ4v) is 3.28. The van der Waals surface area contributed by atoms with E-state index in [1.807, 2.05) is 0 Å². The van der Waals surface area contributed by atoms with Gasteiger partial charge in [0.05, 0.1) is 24.1 Å². The summed E-state index contributed by atoms with van der Waals surface area (Å²) in [6.07, 6.45) is 1.98. The minimum absolute atomic E-state index is 0.0294. The van der Waals surface area contributed by atoms with E-state index in [-0.39, 0.29) is 46.1 Å². The Kier molecular flexibility index (Phi) is 15.2. The number of rotatable bonds is 10. The molecule has 0 aliphatic heterocycles. The molecule has 0 bridgehead atoms. The summed E-state index contributed by atoms with van der Waals surface area (Å²) in [4.78, 5) is 55.5. The van der Waals surface area contributed by atoms with Crippen LogP contribution in [0.25, 0.3) is 0 Å². The van der Waals surface area contributed by atoms with Gasteiger partial charge in [-0.25, -0.2) is 19.6 Å². The zero-order valence-corrected chi connectivity index (χ0v) is 26.4. The van der Waals surface area contributed by atoms with E-state index < -0.39 is 21.8 Å². The van der Waals surface area contributed by atoms with Crippen molar-refractivity contribution in [2.24, 2.45) is 0 Å². The highest BCUT2D eigenvalue weighted by Gasteiger charge is 2.17. The average molecular weight is 714 g/mol. The van der Waals surface area contributed by atoms with Crippen LogP contribution in [0.1, 0.15) is 0 Å². The van der Waals surface area contributed by atoms with Crippen LogP contribution in [0.4, 0.5) is 28.6 Å². The van der Waals surface area contributed by atoms with Gasteiger partial charge in [-0.05, 0) is 71.7 Å². The van der Waals surface area contributed by atoms with Crippen LogP contribution < -0.4 is 20.5 Å². The zero-order chi connectivity index (χ0) is 34.9. The number of methoxy groups -OCH3 is 2. The summed E-state index contributed by atoms with van der Waals surface area (Å²) in [6, 6.07) is 13.2. The predicted molar refractivity (Wildman–Crippen MR) is 168 cm³/mol. The SMILES string of the molecule is COC(=O)COc1ccc(N)cc1.COC(=O)COc1ccc(Nc2nc(Cl)ncc2[N+](=O)[O-])cc1.O=[N+]([O-])c1cnc(Cl)nc1Cl. The standard InChI is InChI=1S/C13H11ClN4O5.C9H11NO3.C4HCl2N3O2/c1-22-11(19)7-23-9-4-2-8(3-5-9)16-12-10(18(20)21)6-15-13(14)17-12;1-12-9(11)6-13-8-4-2-7(10)3-5-8;5-3-2(9(10)11)1-7-4(6)8-3/h2-6H,7H2,1H3,(H,15,16,17);2-5H,6,10H2,1H3;1H. The third-order valence-corrected chi connectivity index (χ3v) is 5.64. The maximum absolute atomic E-state index is 11.0. The van der Waals surface area contributed by atoms with Gasteiger partial charge in [-0.3, -0.25) is 20.2 Å². The van der Waals surface area contributed by atoms with E-state index in [9.17, 15) is 29.8 Å². The normalized spacial score (nSPS) is 9.72. The summed E-state index contributed by atoms with van der Waals surface area (Å²) in [6.45, 7) is -0.295. The molecule has 0 fully saturated rings. The van der Waals surface area contributed by atoms with Crippen LogP contribution in [-0.2, 0) is 19.1 Å². The topological polar surface area (TPSA) is 247 Å². The van der Waals surface area contributed by atoms with Gasteiger partial charge in [0.25, 0.3) is 0 Å². The molecule has 0 aliphatic rings. The molecule has 0 aliphatic carbocycles. The highest BCUT2D eigenvalue weighted by Crippen LogP contribution is 2.27. The number of hydrogen-bond donors (Lipinski definition) is 2. The van der Waals surface area contributed by atoms with Crippen LogP contribution in [0.3, 0.4) is 0 Å². The summed E-state index contributed by atoms with van der Waals surface area (Å²) in [5.74, 6) is 0.101. The van der Waals surface area contributed by atoms with Gasteiger partial charge in [0.1, 0.15) is 23.9 Å². The molecule has 248 valence electrons. The summed E-state index contributed by atoms with van der Waals surface area (Å²) in [5.41, 5.74) is 5.98. The van der Waals surface area contributed by atoms with E-state index in [4.69, 9.17) is 50.0 Å². The summed E-state index contributed by atoms with van der Waals surface area (Å²) < 4.78 is 19.1. The van der Waals surface area contributed by atoms with Gasteiger partial charge >= 0.3 is 23.3 Å². The van der Waals surface area contributed by atoms with Gasteiger partial charge in [-0.1, -0.05) is 11.6 Å². The molecule has 2 aromatic carbocycles. The van der Waals surface area contributed by atoms with Gasteiger partial charge in [0.2, 0.25) is 21.5 Å². The van der Waals surface area contributed by atoms with Crippen LogP contribution >= 0.6 is 34.8 Å². The minimum Gasteiger partial charge on any atom is -0.482 e. The second-order valence-electron chi connectivity index (χ2n) is 8.15. The second kappa shape index (κ2) is 19.0. The number of benzene rings is 2. The predicted octanol–water partition coefficient (Wildman–Crippen LogP) is 4.85. The van der Waals surface area contributed by atoms with Crippen molar-refractivity contribution < 1.29 is 38.4 Å². The largest absolute Gasteiger partial charge is 0.482 e. The molecule has 0 amide bonds. The third kappa shape index (κ3) is 13.5. The van der Waals surface area contributed by atoms with Crippen LogP contribution in [0, 0.1) is 20.2 Å². The Morgan fingerprint density at radius 2 is 1.21 bits per heavy atom. The number of carbonyl (C=O) groups is 2. The van der Waals surface area contributed by atoms with Crippen LogP contribution in [0.15, 0.2) is 60.9 Å². The van der Waals surface area contributed by atoms with Gasteiger partial charge in [0, 0.05) is 11.4 Å². The van der Waals surface area contributed by atoms with Crippen LogP contribution in [-0.4, -0.2) is 69.2 Å². The van der Waals surface area contributed by atoms with E-state index in [0.29, 0.717) is 22.9 Å². The lowest BCUT2D eigenvalue weighted by Crippen LogP contribution is -2.12. The zero-order valence-electron chi connectivity index (χ0n) is 24.2. The number of nitrogens with two attached hydrogens (primary N) is 1. The molecular weight excluding hydrogens is 691 g/mol. The number of ether oxygens (including phenoxy) is 4. The highest BCUT2D eigenvalue weighted by molar-refractivity contribution is 6.33. The molecule has 0 saturated heterocycles. The Morgan fingerprint density at radius 1 is 0.766 bits per heavy atom. The molecule has 4 rings (SSSR count). The monoisotopic (exact) mass is 712 g/mol. The first-order valence-corrected chi connectivity index (χ1v) is 13.6. The molecule has 0 radical (unpaired) electrons. The Balaban J connectivity index is 0.000000270. The lowest BCUT2D eigenvalue weighted by Gasteiger charge is -2.08. The molecular formula is C26H23Cl3N8O10. The number of halogens is 3. The number of aromatic nitrogens is 4. The molecule has 0 saturated carbocycles. The van der Waals surface area contributed by atoms with Crippen molar-refractivity contribution in [2.45, 2.75) is 0 Å². The molecule has 2 aromatic heterocycles. The summed E-state index contributed by atoms with van der Waals surface area (Å²) in [5, 5.41) is 23.4. The Bertz CT molecular complexity index is 1680. The van der Waals surface area contributed by atoms with Gasteiger partial charge < -0.3 is 30.0 Å². The lowest BCUT2D eigenvalue weighted by atomic mass is 10.3. The number of hydrogen-bond acceptors (Lipinski definition) is 16. The number of esters is 2. The van der Waals surface area contributed by atoms with Crippen molar-refractivity contribution in [1.82, 2.24) is 19.9 Å². The van der Waals surface area contributed by atoms with E-state index in [1.54, 1.807) is 48.5 Å². The van der Waals surface area contributed by atoms with Crippen molar-refractivity contribution in [3.05, 3.63) is 96.9 Å². The molecule has 0 spiro atoms. The van der Waals surface area contributed by atoms with Crippen molar-refractivity contribution in [2.75, 3.05) is 38.5 Å². The first-order chi connectivity index (χ1) is 22.3. The number of anilines is 3. The van der Waals surface area contributed by atoms with Crippen molar-refractivity contribution in [1.29, 1.82) is 0 Å². The molecule has 0 unspecified atom stereocenters. The number of nitrogen functional groups attached to an aromatic ring is 1. The summed E-state index contributed by atoms with van der Waals surface area (Å²) in [7, 11) is 2.58. The quantitative estimate of drug-likeness (QED) is 0.0557. The van der Waals surface area contributed by atoms with E-state index in [1.165, 1.54) is 14.2 Å². The molecule has 3 N–H and O–H groups in total. The lowest BCUT2D eigenvalue weighted by molar-refractivity contribution is -0.385. The number of carbonyl (C=O) groups excluding carboxylic acids is 2. The number of nitrogens with one attached hydrogen (secondary N) is 1. The summed E-state index contributed by atoms with van der Waals surface area (Å²) >= 11 is 16.3. The number of nitrogens with zero attached hydrogens (tertiary/aromatic N) is 6. The maximum Gasteiger partial charge on any atom is 0.343 e. The third-order valence-electron chi connectivity index (χ3n) is 4.99. The smallest absolute Gasteiger partial charge is 0.343 e. The number of nitro groups is 2. The molecule has 21 heteroatoms.